The van der Waals surface area contributed by atoms with Gasteiger partial charge in [0, 0.05) is 30.7 Å². The average molecular weight is 283 g/mol. The second-order valence-electron chi connectivity index (χ2n) is 6.14. The lowest BCUT2D eigenvalue weighted by atomic mass is 9.83. The molecule has 0 bridgehead atoms. The molecule has 1 aromatic heterocycles. The molecular weight excluding hydrogens is 258 g/mol. The standard InChI is InChI=1S/C18H25N3/c1-2-16-7-3-4-9-18(16)20-17-8-5-6-15(12-17)13-21-11-10-19-14-21/h5-6,8,10-12,14,16,18,20H,2-4,7,9,13H2,1H3. The lowest BCUT2D eigenvalue weighted by molar-refractivity contribution is 0.317. The van der Waals surface area contributed by atoms with Crippen molar-refractivity contribution in [3.63, 3.8) is 0 Å². The van der Waals surface area contributed by atoms with Crippen LogP contribution in [0.25, 0.3) is 0 Å². The van der Waals surface area contributed by atoms with E-state index < -0.39 is 0 Å². The highest BCUT2D eigenvalue weighted by Gasteiger charge is 2.23. The molecule has 1 aliphatic rings. The molecule has 0 radical (unpaired) electrons. The summed E-state index contributed by atoms with van der Waals surface area (Å²) in [5, 5.41) is 3.78. The van der Waals surface area contributed by atoms with Gasteiger partial charge in [-0.15, -0.1) is 0 Å². The van der Waals surface area contributed by atoms with E-state index in [2.05, 4.69) is 46.1 Å². The van der Waals surface area contributed by atoms with E-state index in [1.54, 1.807) is 0 Å². The zero-order valence-corrected chi connectivity index (χ0v) is 12.8. The van der Waals surface area contributed by atoms with Gasteiger partial charge in [-0.3, -0.25) is 0 Å². The number of aromatic nitrogens is 2. The molecular formula is C18H25N3. The van der Waals surface area contributed by atoms with Crippen molar-refractivity contribution < 1.29 is 0 Å². The number of hydrogen-bond donors (Lipinski definition) is 1. The van der Waals surface area contributed by atoms with E-state index in [1.807, 2.05) is 18.7 Å². The van der Waals surface area contributed by atoms with E-state index in [0.717, 1.165) is 12.5 Å². The van der Waals surface area contributed by atoms with Gasteiger partial charge in [0.05, 0.1) is 6.33 Å². The van der Waals surface area contributed by atoms with Crippen LogP contribution in [-0.4, -0.2) is 15.6 Å². The fourth-order valence-corrected chi connectivity index (χ4v) is 3.45. The van der Waals surface area contributed by atoms with Crippen molar-refractivity contribution in [3.8, 4) is 0 Å². The van der Waals surface area contributed by atoms with E-state index in [4.69, 9.17) is 0 Å². The van der Waals surface area contributed by atoms with E-state index in [1.165, 1.54) is 43.4 Å². The second kappa shape index (κ2) is 6.79. The van der Waals surface area contributed by atoms with Crippen molar-refractivity contribution in [1.82, 2.24) is 9.55 Å². The van der Waals surface area contributed by atoms with Crippen LogP contribution in [-0.2, 0) is 6.54 Å². The molecule has 3 rings (SSSR count). The van der Waals surface area contributed by atoms with E-state index in [0.29, 0.717) is 6.04 Å². The summed E-state index contributed by atoms with van der Waals surface area (Å²) < 4.78 is 2.11. The van der Waals surface area contributed by atoms with Crippen molar-refractivity contribution in [2.75, 3.05) is 5.32 Å². The van der Waals surface area contributed by atoms with Crippen molar-refractivity contribution in [2.24, 2.45) is 5.92 Å². The van der Waals surface area contributed by atoms with Gasteiger partial charge in [-0.05, 0) is 36.5 Å². The Morgan fingerprint density at radius 2 is 2.19 bits per heavy atom. The van der Waals surface area contributed by atoms with Gasteiger partial charge in [-0.1, -0.05) is 38.3 Å². The van der Waals surface area contributed by atoms with Crippen LogP contribution in [0, 0.1) is 5.92 Å². The molecule has 112 valence electrons. The Labute approximate surface area is 127 Å². The number of imidazole rings is 1. The largest absolute Gasteiger partial charge is 0.382 e. The Morgan fingerprint density at radius 1 is 1.29 bits per heavy atom. The fraction of sp³-hybridized carbons (Fsp3) is 0.500. The van der Waals surface area contributed by atoms with Crippen LogP contribution in [0.1, 0.15) is 44.6 Å². The van der Waals surface area contributed by atoms with Crippen molar-refractivity contribution in [3.05, 3.63) is 48.5 Å². The van der Waals surface area contributed by atoms with Gasteiger partial charge in [-0.2, -0.15) is 0 Å². The van der Waals surface area contributed by atoms with Gasteiger partial charge in [0.25, 0.3) is 0 Å². The lowest BCUT2D eigenvalue weighted by Gasteiger charge is -2.32. The summed E-state index contributed by atoms with van der Waals surface area (Å²) in [6.45, 7) is 3.21. The monoisotopic (exact) mass is 283 g/mol. The van der Waals surface area contributed by atoms with Crippen LogP contribution in [0.15, 0.2) is 43.0 Å². The number of rotatable bonds is 5. The molecule has 1 aromatic carbocycles. The summed E-state index contributed by atoms with van der Waals surface area (Å²) in [7, 11) is 0. The van der Waals surface area contributed by atoms with Gasteiger partial charge in [0.2, 0.25) is 0 Å². The summed E-state index contributed by atoms with van der Waals surface area (Å²) in [4.78, 5) is 4.10. The highest BCUT2D eigenvalue weighted by Crippen LogP contribution is 2.29. The normalized spacial score (nSPS) is 22.1. The Hall–Kier alpha value is -1.77. The van der Waals surface area contributed by atoms with Crippen LogP contribution in [0.5, 0.6) is 0 Å². The van der Waals surface area contributed by atoms with Crippen molar-refractivity contribution in [1.29, 1.82) is 0 Å². The van der Waals surface area contributed by atoms with Gasteiger partial charge in [0.15, 0.2) is 0 Å². The molecule has 1 saturated carbocycles. The SMILES string of the molecule is CCC1CCCCC1Nc1cccc(Cn2ccnc2)c1. The number of nitrogens with one attached hydrogen (secondary N) is 1. The first kappa shape index (κ1) is 14.2. The summed E-state index contributed by atoms with van der Waals surface area (Å²) in [5.41, 5.74) is 2.58. The summed E-state index contributed by atoms with van der Waals surface area (Å²) >= 11 is 0. The quantitative estimate of drug-likeness (QED) is 0.886. The van der Waals surface area contributed by atoms with Gasteiger partial charge < -0.3 is 9.88 Å². The number of anilines is 1. The minimum Gasteiger partial charge on any atom is -0.382 e. The molecule has 3 heteroatoms. The zero-order valence-electron chi connectivity index (χ0n) is 12.8. The Balaban J connectivity index is 1.67. The van der Waals surface area contributed by atoms with Crippen LogP contribution in [0.2, 0.25) is 0 Å². The number of hydrogen-bond acceptors (Lipinski definition) is 2. The maximum absolute atomic E-state index is 4.10. The summed E-state index contributed by atoms with van der Waals surface area (Å²) in [6, 6.07) is 9.45. The first-order valence-electron chi connectivity index (χ1n) is 8.16. The molecule has 0 aliphatic heterocycles. The maximum Gasteiger partial charge on any atom is 0.0949 e. The zero-order chi connectivity index (χ0) is 14.5. The lowest BCUT2D eigenvalue weighted by Crippen LogP contribution is -2.31. The smallest absolute Gasteiger partial charge is 0.0949 e. The minimum absolute atomic E-state index is 0.646. The molecule has 0 amide bonds. The topological polar surface area (TPSA) is 29.9 Å². The predicted molar refractivity (Wildman–Crippen MR) is 87.4 cm³/mol. The first-order valence-corrected chi connectivity index (χ1v) is 8.16. The molecule has 1 fully saturated rings. The van der Waals surface area contributed by atoms with E-state index in [9.17, 15) is 0 Å². The van der Waals surface area contributed by atoms with Crippen LogP contribution >= 0.6 is 0 Å². The molecule has 2 atom stereocenters. The third-order valence-corrected chi connectivity index (χ3v) is 4.64. The van der Waals surface area contributed by atoms with E-state index in [-0.39, 0.29) is 0 Å². The average Bonchev–Trinajstić information content (AvgIpc) is 3.01. The highest BCUT2D eigenvalue weighted by molar-refractivity contribution is 5.46. The van der Waals surface area contributed by atoms with Crippen LogP contribution in [0.3, 0.4) is 0 Å². The Morgan fingerprint density at radius 3 is 3.00 bits per heavy atom. The molecule has 1 heterocycles. The maximum atomic E-state index is 4.10. The molecule has 2 aromatic rings. The van der Waals surface area contributed by atoms with Crippen molar-refractivity contribution >= 4 is 5.69 Å². The van der Waals surface area contributed by atoms with Gasteiger partial charge >= 0.3 is 0 Å². The van der Waals surface area contributed by atoms with Crippen LogP contribution in [0.4, 0.5) is 5.69 Å². The van der Waals surface area contributed by atoms with Crippen LogP contribution < -0.4 is 5.32 Å². The summed E-state index contributed by atoms with van der Waals surface area (Å²) in [6.07, 6.45) is 12.4. The fourth-order valence-electron chi connectivity index (χ4n) is 3.45. The molecule has 3 nitrogen and oxygen atoms in total. The number of benzene rings is 1. The predicted octanol–water partition coefficient (Wildman–Crippen LogP) is 4.31. The third kappa shape index (κ3) is 3.66. The Kier molecular flexibility index (Phi) is 4.59. The van der Waals surface area contributed by atoms with Gasteiger partial charge in [0.1, 0.15) is 0 Å². The van der Waals surface area contributed by atoms with E-state index >= 15 is 0 Å². The van der Waals surface area contributed by atoms with Crippen molar-refractivity contribution in [2.45, 2.75) is 51.6 Å². The minimum atomic E-state index is 0.646. The molecule has 2 unspecified atom stereocenters. The summed E-state index contributed by atoms with van der Waals surface area (Å²) in [5.74, 6) is 0.830. The second-order valence-corrected chi connectivity index (χ2v) is 6.14. The molecule has 1 aliphatic carbocycles. The molecule has 21 heavy (non-hydrogen) atoms. The molecule has 1 N–H and O–H groups in total. The molecule has 0 saturated heterocycles. The Bertz CT molecular complexity index is 547. The first-order chi connectivity index (χ1) is 10.3. The highest BCUT2D eigenvalue weighted by atomic mass is 15.0. The number of nitrogens with zero attached hydrogens (tertiary/aromatic N) is 2. The van der Waals surface area contributed by atoms with Gasteiger partial charge in [-0.25, -0.2) is 4.98 Å². The third-order valence-electron chi connectivity index (χ3n) is 4.64. The molecule has 0 spiro atoms.